The Hall–Kier alpha value is -7.38. The van der Waals surface area contributed by atoms with E-state index in [4.69, 9.17) is 0 Å². The molecule has 1 N–H and O–H groups in total. The quantitative estimate of drug-likeness (QED) is 0.328. The van der Waals surface area contributed by atoms with E-state index in [0.717, 1.165) is 16.8 Å². The second kappa shape index (κ2) is 19.2. The maximum Gasteiger partial charge on any atom is 0.226 e. The van der Waals surface area contributed by atoms with E-state index in [0.29, 0.717) is 6.42 Å². The van der Waals surface area contributed by atoms with Gasteiger partial charge in [0, 0.05) is 17.6 Å². The summed E-state index contributed by atoms with van der Waals surface area (Å²) in [5.74, 6) is -0.555. The van der Waals surface area contributed by atoms with Crippen molar-refractivity contribution in [3.8, 4) is 0 Å². The molecule has 1 fully saturated rings. The molecule has 8 nitrogen and oxygen atoms in total. The maximum atomic E-state index is 13.0. The zero-order valence-electron chi connectivity index (χ0n) is 26.3. The summed E-state index contributed by atoms with van der Waals surface area (Å²) < 4.78 is 26.1. The molecule has 3 heterocycles. The summed E-state index contributed by atoms with van der Waals surface area (Å²) in [4.78, 5) is 16.5. The molecule has 2 aliphatic heterocycles. The summed E-state index contributed by atoms with van der Waals surface area (Å²) in [6.45, 7) is 10.4. The van der Waals surface area contributed by atoms with Gasteiger partial charge in [-0.2, -0.15) is 0 Å². The molecule has 232 valence electrons. The van der Waals surface area contributed by atoms with Crippen LogP contribution in [0.25, 0.3) is 0 Å². The molecule has 2 aliphatic rings. The van der Waals surface area contributed by atoms with Gasteiger partial charge in [-0.15, -0.1) is 10.2 Å². The number of benzene rings is 1. The molecule has 1 amide bonds. The van der Waals surface area contributed by atoms with E-state index < -0.39 is 27.2 Å². The van der Waals surface area contributed by atoms with Gasteiger partial charge in [0.15, 0.2) is 0 Å². The molecule has 0 spiro atoms. The largest absolute Gasteiger partial charge is 0.347 e. The van der Waals surface area contributed by atoms with Gasteiger partial charge in [-0.3, -0.25) is 9.78 Å². The number of rotatable bonds is 5. The highest BCUT2D eigenvalue weighted by molar-refractivity contribution is 7.92. The number of aryl methyl sites for hydroxylation is 2. The van der Waals surface area contributed by atoms with Gasteiger partial charge in [0.2, 0.25) is 21.1 Å². The molecular formula is C40H23N5O3S. The van der Waals surface area contributed by atoms with Crippen LogP contribution in [-0.4, -0.2) is 36.4 Å². The van der Waals surface area contributed by atoms with Crippen LogP contribution in [0.2, 0.25) is 0 Å². The van der Waals surface area contributed by atoms with E-state index in [1.54, 1.807) is 30.5 Å². The Morgan fingerprint density at radius 2 is 1.22 bits per heavy atom. The highest BCUT2D eigenvalue weighted by Gasteiger charge is 2.49. The fraction of sp³-hybridized carbons (Fsp3) is 0.150. The average Bonchev–Trinajstić information content (AvgIpc) is 3.58. The number of sulfone groups is 1. The molecule has 49 heavy (non-hydrogen) atoms. The summed E-state index contributed by atoms with van der Waals surface area (Å²) in [6.07, 6.45) is 2.16. The lowest BCUT2D eigenvalue weighted by atomic mass is 9.82. The summed E-state index contributed by atoms with van der Waals surface area (Å²) in [6, 6.07) is 9.81. The Morgan fingerprint density at radius 1 is 0.735 bits per heavy atom. The van der Waals surface area contributed by atoms with Crippen LogP contribution >= 0.6 is 0 Å². The SMILES string of the molecule is C=C=C=C=C=C=C=C=C=C=C=C=C=C=C=C=C=C=C=C=C.Cc1ccc(S(=O)(=O)C2N=NN=C2[C@H]2NC(=O)[C@@H]2Cc2ccnc(C)c2)cc1. The standard InChI is InChI=1S/C21H4.C19H19N5O3S/c1-3-5-7-9-11-13-15-17-19-21-20-18-16-14-12-10-8-6-4-2;1-11-3-5-14(6-4-11)28(26,27)19-17(22-24-23-19)16-15(18(25)21-16)10-13-7-8-20-12(2)9-13/h1-2H2;3-9,15-16,19H,10H2,1-2H3,(H,21,25)/t;15-,16+,19?/m.1/s1. The molecule has 0 bridgehead atoms. The molecule has 1 aromatic heterocycles. The molecule has 3 atom stereocenters. The number of carbonyl (C=O) groups is 1. The third kappa shape index (κ3) is 11.5. The maximum absolute atomic E-state index is 13.0. The van der Waals surface area contributed by atoms with Crippen LogP contribution in [0.3, 0.4) is 0 Å². The second-order valence-corrected chi connectivity index (χ2v) is 11.5. The minimum atomic E-state index is -3.80. The first-order valence-electron chi connectivity index (χ1n) is 14.1. The molecular weight excluding hydrogens is 631 g/mol. The van der Waals surface area contributed by atoms with Gasteiger partial charge < -0.3 is 5.32 Å². The lowest BCUT2D eigenvalue weighted by molar-refractivity contribution is -0.132. The monoisotopic (exact) mass is 653 g/mol. The van der Waals surface area contributed by atoms with Crippen LogP contribution in [0.1, 0.15) is 16.8 Å². The Balaban J connectivity index is 0.000000279. The van der Waals surface area contributed by atoms with Crippen LogP contribution in [0.15, 0.2) is 185 Å². The van der Waals surface area contributed by atoms with Crippen molar-refractivity contribution in [3.05, 3.63) is 181 Å². The van der Waals surface area contributed by atoms with Crippen molar-refractivity contribution in [2.24, 2.45) is 21.4 Å². The van der Waals surface area contributed by atoms with Gasteiger partial charge in [0.25, 0.3) is 0 Å². The molecule has 0 saturated carbocycles. The van der Waals surface area contributed by atoms with Crippen molar-refractivity contribution in [2.45, 2.75) is 36.6 Å². The fourth-order valence-corrected chi connectivity index (χ4v) is 5.43. The topological polar surface area (TPSA) is 113 Å². The van der Waals surface area contributed by atoms with Crippen molar-refractivity contribution in [3.63, 3.8) is 0 Å². The molecule has 1 aromatic carbocycles. The van der Waals surface area contributed by atoms with Gasteiger partial charge in [0.1, 0.15) is 5.71 Å². The highest BCUT2D eigenvalue weighted by Crippen LogP contribution is 2.30. The van der Waals surface area contributed by atoms with E-state index in [9.17, 15) is 13.2 Å². The normalized spacial score (nSPS) is 15.3. The Kier molecular flexibility index (Phi) is 14.1. The molecule has 0 aliphatic carbocycles. The van der Waals surface area contributed by atoms with E-state index >= 15 is 0 Å². The number of carbonyl (C=O) groups excluding carboxylic acids is 1. The highest BCUT2D eigenvalue weighted by atomic mass is 32.2. The van der Waals surface area contributed by atoms with Crippen molar-refractivity contribution < 1.29 is 13.2 Å². The number of β-lactam (4-membered cyclic amide) rings is 1. The Morgan fingerprint density at radius 3 is 1.67 bits per heavy atom. The molecule has 9 heteroatoms. The van der Waals surface area contributed by atoms with Crippen LogP contribution in [0.4, 0.5) is 0 Å². The number of hydrogen-bond donors (Lipinski definition) is 1. The first-order chi connectivity index (χ1) is 23.8. The Labute approximate surface area is 283 Å². The van der Waals surface area contributed by atoms with Crippen molar-refractivity contribution in [1.29, 1.82) is 0 Å². The number of pyridine rings is 1. The van der Waals surface area contributed by atoms with Gasteiger partial charge >= 0.3 is 0 Å². The van der Waals surface area contributed by atoms with E-state index in [1.165, 1.54) is 0 Å². The van der Waals surface area contributed by atoms with Crippen LogP contribution < -0.4 is 5.32 Å². The molecule has 1 unspecified atom stereocenters. The zero-order valence-corrected chi connectivity index (χ0v) is 27.1. The minimum Gasteiger partial charge on any atom is -0.347 e. The number of nitrogens with zero attached hydrogens (tertiary/aromatic N) is 4. The zero-order chi connectivity index (χ0) is 35.3. The second-order valence-electron chi connectivity index (χ2n) is 9.52. The Bertz CT molecular complexity index is 2490. The van der Waals surface area contributed by atoms with Gasteiger partial charge in [-0.05, 0) is 160 Å². The number of hydrogen-bond acceptors (Lipinski definition) is 7. The smallest absolute Gasteiger partial charge is 0.226 e. The lowest BCUT2D eigenvalue weighted by Gasteiger charge is -2.37. The molecule has 0 radical (unpaired) electrons. The van der Waals surface area contributed by atoms with Gasteiger partial charge in [-0.1, -0.05) is 29.2 Å². The molecule has 4 rings (SSSR count). The third-order valence-corrected chi connectivity index (χ3v) is 8.02. The van der Waals surface area contributed by atoms with Crippen molar-refractivity contribution in [1.82, 2.24) is 10.3 Å². The van der Waals surface area contributed by atoms with Crippen LogP contribution in [0.5, 0.6) is 0 Å². The van der Waals surface area contributed by atoms with Crippen molar-refractivity contribution in [2.75, 3.05) is 0 Å². The predicted octanol–water partition coefficient (Wildman–Crippen LogP) is 5.73. The summed E-state index contributed by atoms with van der Waals surface area (Å²) in [7, 11) is -3.80. The predicted molar refractivity (Wildman–Crippen MR) is 181 cm³/mol. The summed E-state index contributed by atoms with van der Waals surface area (Å²) in [5, 5.41) is 13.0. The number of nitrogens with one attached hydrogen (secondary N) is 1. The number of amides is 1. The minimum absolute atomic E-state index is 0.138. The molecule has 1 saturated heterocycles. The number of aromatic nitrogens is 1. The fourth-order valence-electron chi connectivity index (χ4n) is 3.98. The first-order valence-corrected chi connectivity index (χ1v) is 15.6. The first kappa shape index (κ1) is 36.1. The van der Waals surface area contributed by atoms with E-state index in [-0.39, 0.29) is 16.5 Å². The molecule has 2 aromatic rings. The van der Waals surface area contributed by atoms with Gasteiger partial charge in [0.05, 0.1) is 16.9 Å². The van der Waals surface area contributed by atoms with Crippen LogP contribution in [-0.2, 0) is 21.1 Å². The summed E-state index contributed by atoms with van der Waals surface area (Å²) >= 11 is 0. The summed E-state index contributed by atoms with van der Waals surface area (Å²) in [5.41, 5.74) is 49.9. The van der Waals surface area contributed by atoms with Crippen molar-refractivity contribution >= 4 is 21.5 Å². The third-order valence-electron chi connectivity index (χ3n) is 6.16. The van der Waals surface area contributed by atoms with E-state index in [1.807, 2.05) is 26.0 Å². The lowest BCUT2D eigenvalue weighted by Crippen LogP contribution is -2.64. The van der Waals surface area contributed by atoms with E-state index in [2.05, 4.69) is 148 Å². The van der Waals surface area contributed by atoms with Gasteiger partial charge in [-0.25, -0.2) is 8.42 Å². The average molecular weight is 654 g/mol. The van der Waals surface area contributed by atoms with Crippen LogP contribution in [0, 0.1) is 19.8 Å².